The van der Waals surface area contributed by atoms with Crippen LogP contribution in [0, 0.1) is 23.7 Å². The van der Waals surface area contributed by atoms with E-state index in [-0.39, 0.29) is 11.5 Å². The van der Waals surface area contributed by atoms with Gasteiger partial charge in [-0.25, -0.2) is 0 Å². The van der Waals surface area contributed by atoms with Gasteiger partial charge in [-0.2, -0.15) is 0 Å². The predicted octanol–water partition coefficient (Wildman–Crippen LogP) is 2.81. The van der Waals surface area contributed by atoms with Crippen LogP contribution < -0.4 is 5.32 Å². The van der Waals surface area contributed by atoms with Crippen molar-refractivity contribution in [3.8, 4) is 12.3 Å². The van der Waals surface area contributed by atoms with Crippen LogP contribution in [-0.2, 0) is 0 Å². The summed E-state index contributed by atoms with van der Waals surface area (Å²) >= 11 is 0. The van der Waals surface area contributed by atoms with Gasteiger partial charge in [0.2, 0.25) is 0 Å². The largest absolute Gasteiger partial charge is 0.300 e. The highest BCUT2D eigenvalue weighted by Gasteiger charge is 2.29. The maximum absolute atomic E-state index is 5.57. The lowest BCUT2D eigenvalue weighted by molar-refractivity contribution is 0.277. The molecule has 1 rings (SSSR count). The molecule has 0 aromatic heterocycles. The summed E-state index contributed by atoms with van der Waals surface area (Å²) in [5, 5.41) is 3.62. The van der Waals surface area contributed by atoms with E-state index in [1.165, 1.54) is 19.3 Å². The Hall–Kier alpha value is -0.480. The van der Waals surface area contributed by atoms with Crippen molar-refractivity contribution in [3.63, 3.8) is 0 Å². The van der Waals surface area contributed by atoms with E-state index < -0.39 is 0 Å². The molecule has 3 atom stereocenters. The van der Waals surface area contributed by atoms with Crippen LogP contribution in [0.25, 0.3) is 0 Å². The summed E-state index contributed by atoms with van der Waals surface area (Å²) < 4.78 is 0. The van der Waals surface area contributed by atoms with Crippen LogP contribution in [0.1, 0.15) is 47.0 Å². The third-order valence-corrected chi connectivity index (χ3v) is 3.27. The molecule has 80 valence electrons. The first-order valence-electron chi connectivity index (χ1n) is 5.67. The minimum Gasteiger partial charge on any atom is -0.300 e. The van der Waals surface area contributed by atoms with Gasteiger partial charge in [-0.1, -0.05) is 40.0 Å². The number of hydrogen-bond donors (Lipinski definition) is 1. The maximum Gasteiger partial charge on any atom is 0.0738 e. The Kier molecular flexibility index (Phi) is 3.61. The van der Waals surface area contributed by atoms with E-state index in [2.05, 4.69) is 38.9 Å². The highest BCUT2D eigenvalue weighted by atomic mass is 15.0. The van der Waals surface area contributed by atoms with E-state index in [1.54, 1.807) is 0 Å². The highest BCUT2D eigenvalue weighted by Crippen LogP contribution is 2.27. The van der Waals surface area contributed by atoms with Crippen LogP contribution in [-0.4, -0.2) is 12.1 Å². The average molecular weight is 193 g/mol. The van der Waals surface area contributed by atoms with Crippen molar-refractivity contribution in [3.05, 3.63) is 0 Å². The Morgan fingerprint density at radius 2 is 2.00 bits per heavy atom. The van der Waals surface area contributed by atoms with Crippen LogP contribution >= 0.6 is 0 Å². The predicted molar refractivity (Wildman–Crippen MR) is 62.0 cm³/mol. The summed E-state index contributed by atoms with van der Waals surface area (Å²) in [5.41, 5.74) is 0.164. The molecule has 1 heteroatoms. The molecule has 0 radical (unpaired) electrons. The second kappa shape index (κ2) is 4.36. The maximum atomic E-state index is 5.57. The Morgan fingerprint density at radius 1 is 1.36 bits per heavy atom. The van der Waals surface area contributed by atoms with Crippen molar-refractivity contribution >= 4 is 0 Å². The monoisotopic (exact) mass is 193 g/mol. The summed E-state index contributed by atoms with van der Waals surface area (Å²) in [6.07, 6.45) is 9.55. The Morgan fingerprint density at radius 3 is 2.36 bits per heavy atom. The quantitative estimate of drug-likeness (QED) is 0.665. The molecule has 1 saturated carbocycles. The zero-order valence-corrected chi connectivity index (χ0v) is 9.93. The molecule has 3 unspecified atom stereocenters. The van der Waals surface area contributed by atoms with Crippen molar-refractivity contribution < 1.29 is 0 Å². The molecule has 0 aliphatic heterocycles. The summed E-state index contributed by atoms with van der Waals surface area (Å²) in [6, 6.07) is 0.836. The molecule has 0 heterocycles. The van der Waals surface area contributed by atoms with Gasteiger partial charge in [-0.3, -0.25) is 0 Å². The van der Waals surface area contributed by atoms with Gasteiger partial charge < -0.3 is 5.32 Å². The Balaban J connectivity index is 2.53. The SMILES string of the molecule is C#CC(NC1CCCC1C)C(C)(C)C. The zero-order valence-electron chi connectivity index (χ0n) is 9.93. The van der Waals surface area contributed by atoms with Crippen molar-refractivity contribution in [1.82, 2.24) is 5.32 Å². The second-order valence-electron chi connectivity index (χ2n) is 5.65. The van der Waals surface area contributed by atoms with E-state index in [1.807, 2.05) is 0 Å². The smallest absolute Gasteiger partial charge is 0.0738 e. The number of terminal acetylenes is 1. The molecule has 1 nitrogen and oxygen atoms in total. The number of rotatable bonds is 2. The number of hydrogen-bond acceptors (Lipinski definition) is 1. The molecule has 1 aliphatic rings. The highest BCUT2D eigenvalue weighted by molar-refractivity contribution is 5.06. The topological polar surface area (TPSA) is 12.0 Å². The van der Waals surface area contributed by atoms with Crippen LogP contribution in [0.2, 0.25) is 0 Å². The molecule has 0 bridgehead atoms. The fourth-order valence-corrected chi connectivity index (χ4v) is 2.16. The van der Waals surface area contributed by atoms with Crippen molar-refractivity contribution in [2.75, 3.05) is 0 Å². The molecule has 1 aliphatic carbocycles. The lowest BCUT2D eigenvalue weighted by atomic mass is 9.86. The van der Waals surface area contributed by atoms with Crippen molar-refractivity contribution in [1.29, 1.82) is 0 Å². The lowest BCUT2D eigenvalue weighted by Crippen LogP contribution is -2.45. The Labute approximate surface area is 88.7 Å². The molecule has 0 aromatic rings. The molecule has 0 aromatic carbocycles. The minimum atomic E-state index is 0.164. The van der Waals surface area contributed by atoms with Gasteiger partial charge in [0.15, 0.2) is 0 Å². The van der Waals surface area contributed by atoms with Crippen molar-refractivity contribution in [2.45, 2.75) is 59.0 Å². The second-order valence-corrected chi connectivity index (χ2v) is 5.65. The van der Waals surface area contributed by atoms with Gasteiger partial charge in [0, 0.05) is 6.04 Å². The van der Waals surface area contributed by atoms with E-state index in [0.29, 0.717) is 6.04 Å². The lowest BCUT2D eigenvalue weighted by Gasteiger charge is -2.31. The van der Waals surface area contributed by atoms with Crippen LogP contribution in [0.4, 0.5) is 0 Å². The molecule has 0 saturated heterocycles. The molecule has 0 amide bonds. The Bertz CT molecular complexity index is 218. The molecule has 1 N–H and O–H groups in total. The van der Waals surface area contributed by atoms with E-state index in [9.17, 15) is 0 Å². The summed E-state index contributed by atoms with van der Waals surface area (Å²) in [7, 11) is 0. The third kappa shape index (κ3) is 2.75. The fraction of sp³-hybridized carbons (Fsp3) is 0.846. The van der Waals surface area contributed by atoms with E-state index in [4.69, 9.17) is 6.42 Å². The first-order chi connectivity index (χ1) is 6.45. The standard InChI is InChI=1S/C13H23N/c1-6-12(13(3,4)5)14-11-9-7-8-10(11)2/h1,10-12,14H,7-9H2,2-5H3. The van der Waals surface area contributed by atoms with Gasteiger partial charge >= 0.3 is 0 Å². The first-order valence-corrected chi connectivity index (χ1v) is 5.67. The van der Waals surface area contributed by atoms with Crippen LogP contribution in [0.5, 0.6) is 0 Å². The zero-order chi connectivity index (χ0) is 10.8. The van der Waals surface area contributed by atoms with Crippen LogP contribution in [0.15, 0.2) is 0 Å². The minimum absolute atomic E-state index is 0.164. The molecule has 0 spiro atoms. The molecule has 14 heavy (non-hydrogen) atoms. The van der Waals surface area contributed by atoms with Crippen LogP contribution in [0.3, 0.4) is 0 Å². The summed E-state index contributed by atoms with van der Waals surface area (Å²) in [4.78, 5) is 0. The molecular weight excluding hydrogens is 170 g/mol. The van der Waals surface area contributed by atoms with Gasteiger partial charge in [0.1, 0.15) is 0 Å². The summed E-state index contributed by atoms with van der Waals surface area (Å²) in [5.74, 6) is 3.66. The van der Waals surface area contributed by atoms with E-state index >= 15 is 0 Å². The molecule has 1 fully saturated rings. The third-order valence-electron chi connectivity index (χ3n) is 3.27. The summed E-state index contributed by atoms with van der Waals surface area (Å²) in [6.45, 7) is 8.92. The van der Waals surface area contributed by atoms with Gasteiger partial charge in [-0.15, -0.1) is 6.42 Å². The van der Waals surface area contributed by atoms with Gasteiger partial charge in [0.25, 0.3) is 0 Å². The normalized spacial score (nSPS) is 29.9. The average Bonchev–Trinajstić information content (AvgIpc) is 2.45. The van der Waals surface area contributed by atoms with Crippen molar-refractivity contribution in [2.24, 2.45) is 11.3 Å². The first kappa shape index (κ1) is 11.6. The fourth-order valence-electron chi connectivity index (χ4n) is 2.16. The molecular formula is C13H23N. The van der Waals surface area contributed by atoms with E-state index in [0.717, 1.165) is 5.92 Å². The number of nitrogens with one attached hydrogen (secondary N) is 1. The van der Waals surface area contributed by atoms with Gasteiger partial charge in [0.05, 0.1) is 6.04 Å². The van der Waals surface area contributed by atoms with Gasteiger partial charge in [-0.05, 0) is 24.2 Å².